The van der Waals surface area contributed by atoms with Gasteiger partial charge in [0.2, 0.25) is 5.91 Å². The lowest BCUT2D eigenvalue weighted by atomic mass is 9.99. The van der Waals surface area contributed by atoms with E-state index >= 15 is 0 Å². The molecule has 1 fully saturated rings. The highest BCUT2D eigenvalue weighted by molar-refractivity contribution is 6.35. The van der Waals surface area contributed by atoms with Gasteiger partial charge in [-0.05, 0) is 30.9 Å². The van der Waals surface area contributed by atoms with Gasteiger partial charge in [0.05, 0.1) is 16.7 Å². The van der Waals surface area contributed by atoms with Gasteiger partial charge < -0.3 is 4.90 Å². The number of fused-ring (bicyclic) bond motifs is 1. The number of halogens is 1. The van der Waals surface area contributed by atoms with E-state index in [-0.39, 0.29) is 12.5 Å². The van der Waals surface area contributed by atoms with Crippen LogP contribution in [0.2, 0.25) is 5.02 Å². The first-order chi connectivity index (χ1) is 9.65. The fourth-order valence-electron chi connectivity index (χ4n) is 2.68. The molecule has 5 heteroatoms. The maximum Gasteiger partial charge on any atom is 0.244 e. The van der Waals surface area contributed by atoms with E-state index in [4.69, 9.17) is 11.6 Å². The molecule has 0 N–H and O–H groups in total. The minimum atomic E-state index is 0.141. The van der Waals surface area contributed by atoms with Gasteiger partial charge in [0.15, 0.2) is 0 Å². The number of benzene rings is 1. The van der Waals surface area contributed by atoms with Gasteiger partial charge in [0.25, 0.3) is 0 Å². The predicted octanol–water partition coefficient (Wildman–Crippen LogP) is 2.95. The zero-order chi connectivity index (χ0) is 14.1. The van der Waals surface area contributed by atoms with Crippen LogP contribution in [0, 0.1) is 5.92 Å². The van der Waals surface area contributed by atoms with Gasteiger partial charge in [-0.25, -0.2) is 0 Å². The first-order valence-corrected chi connectivity index (χ1v) is 7.41. The molecular formula is C15H18ClN3O. The smallest absolute Gasteiger partial charge is 0.244 e. The van der Waals surface area contributed by atoms with Crippen molar-refractivity contribution in [3.8, 4) is 0 Å². The minimum absolute atomic E-state index is 0.141. The molecule has 106 valence electrons. The molecule has 4 nitrogen and oxygen atoms in total. The lowest BCUT2D eigenvalue weighted by molar-refractivity contribution is -0.133. The van der Waals surface area contributed by atoms with Crippen LogP contribution < -0.4 is 0 Å². The molecule has 1 aliphatic heterocycles. The van der Waals surface area contributed by atoms with Crippen molar-refractivity contribution in [3.05, 3.63) is 29.4 Å². The standard InChI is InChI=1S/C15H18ClN3O/c1-11-5-7-18(8-6-11)15(20)10-19-14-4-2-3-13(16)12(14)9-17-19/h2-4,9,11H,5-8,10H2,1H3. The summed E-state index contributed by atoms with van der Waals surface area (Å²) in [5.74, 6) is 0.866. The summed E-state index contributed by atoms with van der Waals surface area (Å²) in [5, 5.41) is 5.86. The topological polar surface area (TPSA) is 38.1 Å². The summed E-state index contributed by atoms with van der Waals surface area (Å²) in [7, 11) is 0. The number of hydrogen-bond acceptors (Lipinski definition) is 2. The van der Waals surface area contributed by atoms with Crippen LogP contribution in [0.3, 0.4) is 0 Å². The first kappa shape index (κ1) is 13.4. The zero-order valence-corrected chi connectivity index (χ0v) is 12.3. The Balaban J connectivity index is 1.76. The Hall–Kier alpha value is -1.55. The monoisotopic (exact) mass is 291 g/mol. The SMILES string of the molecule is CC1CCN(C(=O)Cn2ncc3c(Cl)cccc32)CC1. The van der Waals surface area contributed by atoms with Crippen LogP contribution in [0.25, 0.3) is 10.9 Å². The fourth-order valence-corrected chi connectivity index (χ4v) is 2.90. The Kier molecular flexibility index (Phi) is 3.66. The summed E-state index contributed by atoms with van der Waals surface area (Å²) in [6.07, 6.45) is 3.91. The number of carbonyl (C=O) groups excluding carboxylic acids is 1. The van der Waals surface area contributed by atoms with Crippen LogP contribution in [0.4, 0.5) is 0 Å². The Bertz CT molecular complexity index is 629. The zero-order valence-electron chi connectivity index (χ0n) is 11.6. The molecule has 2 heterocycles. The van der Waals surface area contributed by atoms with Gasteiger partial charge in [0, 0.05) is 18.5 Å². The normalized spacial score (nSPS) is 16.8. The first-order valence-electron chi connectivity index (χ1n) is 7.03. The van der Waals surface area contributed by atoms with Crippen molar-refractivity contribution in [1.29, 1.82) is 0 Å². The molecule has 1 aromatic heterocycles. The quantitative estimate of drug-likeness (QED) is 0.853. The number of piperidine rings is 1. The van der Waals surface area contributed by atoms with Gasteiger partial charge in [0.1, 0.15) is 6.54 Å². The van der Waals surface area contributed by atoms with Crippen LogP contribution in [0.15, 0.2) is 24.4 Å². The van der Waals surface area contributed by atoms with Crippen molar-refractivity contribution in [1.82, 2.24) is 14.7 Å². The number of carbonyl (C=O) groups is 1. The van der Waals surface area contributed by atoms with Crippen molar-refractivity contribution in [2.45, 2.75) is 26.3 Å². The Morgan fingerprint density at radius 3 is 2.90 bits per heavy atom. The highest BCUT2D eigenvalue weighted by Crippen LogP contribution is 2.23. The number of likely N-dealkylation sites (tertiary alicyclic amines) is 1. The van der Waals surface area contributed by atoms with Crippen molar-refractivity contribution < 1.29 is 4.79 Å². The second kappa shape index (κ2) is 5.44. The number of aromatic nitrogens is 2. The van der Waals surface area contributed by atoms with Crippen molar-refractivity contribution in [3.63, 3.8) is 0 Å². The van der Waals surface area contributed by atoms with Crippen molar-refractivity contribution in [2.24, 2.45) is 5.92 Å². The molecule has 0 atom stereocenters. The Morgan fingerprint density at radius 2 is 2.15 bits per heavy atom. The number of nitrogens with zero attached hydrogens (tertiary/aromatic N) is 3. The van der Waals surface area contributed by atoms with Crippen molar-refractivity contribution in [2.75, 3.05) is 13.1 Å². The van der Waals surface area contributed by atoms with E-state index in [1.807, 2.05) is 23.1 Å². The lowest BCUT2D eigenvalue weighted by Crippen LogP contribution is -2.39. The molecule has 3 rings (SSSR count). The third-order valence-corrected chi connectivity index (χ3v) is 4.39. The molecule has 2 aromatic rings. The van der Waals surface area contributed by atoms with Gasteiger partial charge in [-0.3, -0.25) is 9.48 Å². The fraction of sp³-hybridized carbons (Fsp3) is 0.467. The summed E-state index contributed by atoms with van der Waals surface area (Å²) in [5.41, 5.74) is 0.913. The van der Waals surface area contributed by atoms with Crippen LogP contribution >= 0.6 is 11.6 Å². The summed E-state index contributed by atoms with van der Waals surface area (Å²) >= 11 is 6.12. The number of rotatable bonds is 2. The van der Waals surface area contributed by atoms with Crippen LogP contribution in [0.1, 0.15) is 19.8 Å². The van der Waals surface area contributed by atoms with E-state index in [9.17, 15) is 4.79 Å². The minimum Gasteiger partial charge on any atom is -0.341 e. The Labute approximate surface area is 123 Å². The van der Waals surface area contributed by atoms with Gasteiger partial charge in [-0.15, -0.1) is 0 Å². The molecule has 0 radical (unpaired) electrons. The average Bonchev–Trinajstić information content (AvgIpc) is 2.84. The molecule has 1 aromatic carbocycles. The van der Waals surface area contributed by atoms with Crippen LogP contribution in [0.5, 0.6) is 0 Å². The van der Waals surface area contributed by atoms with E-state index in [2.05, 4.69) is 12.0 Å². The predicted molar refractivity (Wildman–Crippen MR) is 79.7 cm³/mol. The van der Waals surface area contributed by atoms with E-state index in [1.54, 1.807) is 10.9 Å². The largest absolute Gasteiger partial charge is 0.341 e. The second-order valence-corrected chi connectivity index (χ2v) is 5.95. The summed E-state index contributed by atoms with van der Waals surface area (Å²) in [6.45, 7) is 4.25. The molecule has 0 unspecified atom stereocenters. The van der Waals surface area contributed by atoms with Gasteiger partial charge >= 0.3 is 0 Å². The number of amides is 1. The molecule has 0 aliphatic carbocycles. The van der Waals surface area contributed by atoms with E-state index in [1.165, 1.54) is 0 Å². The molecule has 1 aliphatic rings. The van der Waals surface area contributed by atoms with Crippen LogP contribution in [-0.4, -0.2) is 33.7 Å². The van der Waals surface area contributed by atoms with E-state index < -0.39 is 0 Å². The van der Waals surface area contributed by atoms with Gasteiger partial charge in [-0.1, -0.05) is 24.6 Å². The van der Waals surface area contributed by atoms with E-state index in [0.717, 1.165) is 42.8 Å². The summed E-state index contributed by atoms with van der Waals surface area (Å²) in [4.78, 5) is 14.3. The van der Waals surface area contributed by atoms with E-state index in [0.29, 0.717) is 5.02 Å². The third kappa shape index (κ3) is 2.52. The molecular weight excluding hydrogens is 274 g/mol. The maximum absolute atomic E-state index is 12.3. The average molecular weight is 292 g/mol. The van der Waals surface area contributed by atoms with Crippen LogP contribution in [-0.2, 0) is 11.3 Å². The Morgan fingerprint density at radius 1 is 1.40 bits per heavy atom. The lowest BCUT2D eigenvalue weighted by Gasteiger charge is -2.30. The molecule has 1 saturated heterocycles. The highest BCUT2D eigenvalue weighted by Gasteiger charge is 2.21. The third-order valence-electron chi connectivity index (χ3n) is 4.06. The number of hydrogen-bond donors (Lipinski definition) is 0. The second-order valence-electron chi connectivity index (χ2n) is 5.54. The summed E-state index contributed by atoms with van der Waals surface area (Å²) < 4.78 is 1.74. The van der Waals surface area contributed by atoms with Crippen molar-refractivity contribution >= 4 is 28.4 Å². The highest BCUT2D eigenvalue weighted by atomic mass is 35.5. The molecule has 1 amide bonds. The molecule has 0 saturated carbocycles. The molecule has 20 heavy (non-hydrogen) atoms. The molecule has 0 bridgehead atoms. The summed E-state index contributed by atoms with van der Waals surface area (Å²) in [6, 6.07) is 5.67. The maximum atomic E-state index is 12.3. The molecule has 0 spiro atoms. The van der Waals surface area contributed by atoms with Gasteiger partial charge in [-0.2, -0.15) is 5.10 Å².